The molecule has 6 unspecified atom stereocenters. The van der Waals surface area contributed by atoms with Crippen LogP contribution >= 0.6 is 0 Å². The lowest BCUT2D eigenvalue weighted by molar-refractivity contribution is -0.170. The van der Waals surface area contributed by atoms with E-state index in [0.717, 1.165) is 136 Å². The van der Waals surface area contributed by atoms with Crippen LogP contribution in [0.1, 0.15) is 131 Å². The number of aliphatic hydroxyl groups excluding tert-OH is 1. The minimum Gasteiger partial charge on any atom is -0.496 e. The maximum absolute atomic E-state index is 13.1. The highest BCUT2D eigenvalue weighted by atomic mass is 16.6. The van der Waals surface area contributed by atoms with Crippen LogP contribution in [-0.4, -0.2) is 194 Å². The van der Waals surface area contributed by atoms with E-state index in [-0.39, 0.29) is 48.7 Å². The summed E-state index contributed by atoms with van der Waals surface area (Å²) in [6, 6.07) is 81.1. The number of carbonyl (C=O) groups is 6. The molecule has 0 aliphatic carbocycles. The molecule has 0 saturated heterocycles. The van der Waals surface area contributed by atoms with E-state index in [2.05, 4.69) is 103 Å². The Labute approximate surface area is 854 Å². The first-order valence-corrected chi connectivity index (χ1v) is 47.6. The quantitative estimate of drug-likeness (QED) is 0.00907. The number of rotatable bonds is 31. The van der Waals surface area contributed by atoms with E-state index in [0.29, 0.717) is 24.2 Å². The Kier molecular flexibility index (Phi) is 39.5. The molecule has 0 amide bonds. The van der Waals surface area contributed by atoms with Crippen molar-refractivity contribution in [1.29, 1.82) is 0 Å². The topological polar surface area (TPSA) is 354 Å². The van der Waals surface area contributed by atoms with Crippen molar-refractivity contribution < 1.29 is 86.0 Å². The molecule has 147 heavy (non-hydrogen) atoms. The number of hydrogen-bond donors (Lipinski definition) is 3. The predicted molar refractivity (Wildman–Crippen MR) is 568 cm³/mol. The Bertz CT molecular complexity index is 7300. The van der Waals surface area contributed by atoms with E-state index in [1.165, 1.54) is 33.0 Å². The van der Waals surface area contributed by atoms with Crippen molar-refractivity contribution in [2.24, 2.45) is 5.92 Å². The van der Waals surface area contributed by atoms with Crippen molar-refractivity contribution in [3.05, 3.63) is 368 Å². The molecule has 762 valence electrons. The van der Waals surface area contributed by atoms with E-state index < -0.39 is 47.0 Å². The summed E-state index contributed by atoms with van der Waals surface area (Å²) in [6.45, 7) is 11.6. The summed E-state index contributed by atoms with van der Waals surface area (Å²) in [4.78, 5) is 102. The van der Waals surface area contributed by atoms with Gasteiger partial charge in [0.1, 0.15) is 91.4 Å². The molecule has 3 N–H and O–H groups in total. The van der Waals surface area contributed by atoms with Crippen LogP contribution in [0.25, 0.3) is 72.3 Å². The molecule has 0 aliphatic heterocycles. The third-order valence-corrected chi connectivity index (χ3v) is 23.7. The number of carbonyl (C=O) groups excluding carboxylic acids is 6. The number of aliphatic hydroxyl groups is 1. The number of esters is 5. The average molecular weight is 1990 g/mol. The molecule has 18 aromatic rings. The molecule has 6 atom stereocenters. The number of hydrogen-bond acceptors (Lipinski definition) is 25. The van der Waals surface area contributed by atoms with Gasteiger partial charge < -0.3 is 95.1 Å². The van der Waals surface area contributed by atoms with Gasteiger partial charge in [-0.25, -0.2) is 39.5 Å². The van der Waals surface area contributed by atoms with Crippen LogP contribution in [0.15, 0.2) is 335 Å². The number of aldehydes is 1. The highest BCUT2D eigenvalue weighted by Crippen LogP contribution is 2.40. The van der Waals surface area contributed by atoms with Gasteiger partial charge in [-0.05, 0) is 180 Å². The number of methoxy groups -OCH3 is 9. The molecule has 0 saturated carbocycles. The summed E-state index contributed by atoms with van der Waals surface area (Å²) in [6.07, 6.45) is 26.7. The number of aromatic nitrogens is 12. The number of aromatic amines is 1. The van der Waals surface area contributed by atoms with Gasteiger partial charge in [-0.15, -0.1) is 0 Å². The van der Waals surface area contributed by atoms with Crippen molar-refractivity contribution in [2.75, 3.05) is 84.2 Å². The fraction of sp³-hybridized carbons (Fsp3) is 0.259. The predicted octanol–water partition coefficient (Wildman–Crippen LogP) is 20.6. The first-order chi connectivity index (χ1) is 71.3. The van der Waals surface area contributed by atoms with E-state index in [1.807, 2.05) is 235 Å². The van der Waals surface area contributed by atoms with Crippen LogP contribution in [-0.2, 0) is 52.5 Å². The van der Waals surface area contributed by atoms with Crippen LogP contribution in [0.5, 0.6) is 34.5 Å². The Morgan fingerprint density at radius 3 is 1.07 bits per heavy atom. The molecule has 18 rings (SSSR count). The number of ether oxygens (including phenoxy) is 11. The lowest BCUT2D eigenvalue weighted by Crippen LogP contribution is -2.39. The molecular formula is C116H125N13O18. The van der Waals surface area contributed by atoms with E-state index in [1.54, 1.807) is 150 Å². The van der Waals surface area contributed by atoms with Crippen molar-refractivity contribution in [2.45, 2.75) is 109 Å². The van der Waals surface area contributed by atoms with Gasteiger partial charge in [0.25, 0.3) is 0 Å². The third-order valence-electron chi connectivity index (χ3n) is 23.7. The number of benzene rings is 6. The number of fused-ring (bicyclic) bond motifs is 6. The molecule has 0 spiro atoms. The van der Waals surface area contributed by atoms with Crippen LogP contribution < -0.4 is 33.7 Å². The van der Waals surface area contributed by atoms with E-state index in [4.69, 9.17) is 47.4 Å². The highest BCUT2D eigenvalue weighted by Gasteiger charge is 2.42. The van der Waals surface area contributed by atoms with Gasteiger partial charge in [0.05, 0.1) is 133 Å². The molecule has 31 heteroatoms. The maximum Gasteiger partial charge on any atom is 0.346 e. The fourth-order valence-corrected chi connectivity index (χ4v) is 16.9. The lowest BCUT2D eigenvalue weighted by atomic mass is 9.92. The summed E-state index contributed by atoms with van der Waals surface area (Å²) in [7, 11) is 15.7. The molecule has 31 nitrogen and oxygen atoms in total. The normalized spacial score (nSPS) is 12.3. The molecule has 0 fully saturated rings. The highest BCUT2D eigenvalue weighted by molar-refractivity contribution is 6.17. The standard InChI is InChI=1S/C23H26N2O5.C18H21N3O.C18H18N2O3.C17H18N2O2.C17H16N2O2.C15H18O4.C8H8N2O/c1-23(2,3)30-22(27)18(21(26)29-5)19(15-9-7-6-8-10-15)25-14-12-16-17(28-4)11-13-24-20(16)25;1-19-11-8-16(14-6-4-3-5-7-14)21-13-10-15-17(22-2)9-12-20-18(15)21;1-22-16-8-10-19-18-14(16)9-11-20(18)15(12-17(21)23-2)13-6-4-3-5-7-13;2*1-21-16-7-10-18-17-14(16)8-11-19(17)15(9-12-20)13-5-3-2-4-6-13;1-15(2,3)19-14(17)12(13(16)18-4)10-11-8-6-5-7-9-11;1-11-7-3-5-10-8-6(7)2-4-9-8/h6-14,18-19H,1-5H3;3-7,9-10,12-13,16,19H,8,11H2,1-2H3;3-11,15H,12H2,1-2H3;2-8,10-11,15,20H,9,12H2,1H3;2-8,10-12,15H,9H2,1H3;5-10H,1-4H3;2-5H,1H3,(H,9,10)/b;;;;;12-10-;. The fourth-order valence-electron chi connectivity index (χ4n) is 16.9. The number of nitrogens with one attached hydrogen (secondary N) is 2. The zero-order valence-electron chi connectivity index (χ0n) is 85.3. The van der Waals surface area contributed by atoms with Crippen LogP contribution in [0.4, 0.5) is 0 Å². The number of H-pyrrole nitrogens is 1. The molecule has 0 bridgehead atoms. The molecule has 0 aliphatic rings. The number of pyridine rings is 6. The smallest absolute Gasteiger partial charge is 0.346 e. The van der Waals surface area contributed by atoms with Crippen LogP contribution in [0, 0.1) is 5.92 Å². The molecule has 12 heterocycles. The van der Waals surface area contributed by atoms with Gasteiger partial charge in [-0.3, -0.25) is 14.4 Å². The lowest BCUT2D eigenvalue weighted by Gasteiger charge is -2.29. The molecule has 6 aromatic carbocycles. The number of nitrogens with zero attached hydrogens (tertiary/aromatic N) is 11. The second-order valence-electron chi connectivity index (χ2n) is 35.3. The van der Waals surface area contributed by atoms with Gasteiger partial charge in [-0.1, -0.05) is 182 Å². The largest absolute Gasteiger partial charge is 0.496 e. The van der Waals surface area contributed by atoms with Crippen molar-refractivity contribution >= 4 is 108 Å². The van der Waals surface area contributed by atoms with Crippen LogP contribution in [0.3, 0.4) is 0 Å². The summed E-state index contributed by atoms with van der Waals surface area (Å²) in [5.41, 5.74) is 9.39. The Morgan fingerprint density at radius 2 is 0.707 bits per heavy atom. The summed E-state index contributed by atoms with van der Waals surface area (Å²) < 4.78 is 67.5. The first-order valence-electron chi connectivity index (χ1n) is 47.6. The maximum atomic E-state index is 13.1. The molecule has 12 aromatic heterocycles. The van der Waals surface area contributed by atoms with Crippen LogP contribution in [0.2, 0.25) is 0 Å². The third kappa shape index (κ3) is 28.1. The average Bonchev–Trinajstić information content (AvgIpc) is 1.65. The minimum absolute atomic E-state index is 0.0548. The summed E-state index contributed by atoms with van der Waals surface area (Å²) in [5, 5.41) is 18.4. The Hall–Kier alpha value is -17.1. The van der Waals surface area contributed by atoms with Gasteiger partial charge in [0.2, 0.25) is 0 Å². The Morgan fingerprint density at radius 1 is 0.367 bits per heavy atom. The zero-order chi connectivity index (χ0) is 105. The first kappa shape index (κ1) is 109. The molecular weight excluding hydrogens is 1860 g/mol. The zero-order valence-corrected chi connectivity index (χ0v) is 85.3. The van der Waals surface area contributed by atoms with E-state index >= 15 is 0 Å². The van der Waals surface area contributed by atoms with Gasteiger partial charge in [0, 0.05) is 87.4 Å². The van der Waals surface area contributed by atoms with Gasteiger partial charge in [0.15, 0.2) is 5.92 Å². The monoisotopic (exact) mass is 1990 g/mol. The SMILES string of the molecule is CNCCC(c1ccccc1)n1ccc2c(OC)ccnc21.COC(=O)/C(=C/c1ccccc1)C(=O)OC(C)(C)C.COC(=O)C(C(=O)OC(C)(C)C)C(c1ccccc1)n1ccc2c(OC)ccnc21.COC(=O)CC(c1ccccc1)n1ccc2c(OC)ccnc21.COc1ccnc2[nH]ccc12.COc1ccnc2c1ccn2C(CC=O)c1ccccc1.COc1ccnc2c1ccn2C(CCO)c1ccccc1. The minimum atomic E-state index is -1.22. The van der Waals surface area contributed by atoms with E-state index in [9.17, 15) is 33.9 Å². The summed E-state index contributed by atoms with van der Waals surface area (Å²) in [5.74, 6) is 0.517. The summed E-state index contributed by atoms with van der Waals surface area (Å²) >= 11 is 0. The second-order valence-corrected chi connectivity index (χ2v) is 35.3. The van der Waals surface area contributed by atoms with Crippen molar-refractivity contribution in [1.82, 2.24) is 63.0 Å². The van der Waals surface area contributed by atoms with Gasteiger partial charge in [-0.2, -0.15) is 0 Å². The second kappa shape index (κ2) is 53.3. The van der Waals surface area contributed by atoms with Gasteiger partial charge >= 0.3 is 29.8 Å². The Balaban J connectivity index is 0.000000154. The van der Waals surface area contributed by atoms with Crippen molar-refractivity contribution in [3.63, 3.8) is 0 Å². The molecule has 0 radical (unpaired) electrons. The van der Waals surface area contributed by atoms with Crippen molar-refractivity contribution in [3.8, 4) is 34.5 Å².